The van der Waals surface area contributed by atoms with Crippen molar-refractivity contribution >= 4 is 17.5 Å². The lowest BCUT2D eigenvalue weighted by molar-refractivity contribution is -0.122. The molecule has 0 radical (unpaired) electrons. The third kappa shape index (κ3) is 4.45. The zero-order chi connectivity index (χ0) is 21.8. The van der Waals surface area contributed by atoms with Gasteiger partial charge in [-0.1, -0.05) is 62.4 Å². The first-order chi connectivity index (χ1) is 15.1. The number of carbonyl (C=O) groups excluding carboxylic acids is 2. The highest BCUT2D eigenvalue weighted by molar-refractivity contribution is 5.92. The van der Waals surface area contributed by atoms with Crippen molar-refractivity contribution in [2.24, 2.45) is 5.92 Å². The normalized spacial score (nSPS) is 13.4. The molecule has 31 heavy (non-hydrogen) atoms. The van der Waals surface area contributed by atoms with Gasteiger partial charge in [0.15, 0.2) is 0 Å². The van der Waals surface area contributed by atoms with E-state index in [4.69, 9.17) is 4.74 Å². The zero-order valence-electron chi connectivity index (χ0n) is 17.7. The van der Waals surface area contributed by atoms with E-state index < -0.39 is 5.92 Å². The monoisotopic (exact) mass is 414 g/mol. The van der Waals surface area contributed by atoms with Crippen LogP contribution >= 0.6 is 0 Å². The Morgan fingerprint density at radius 1 is 0.935 bits per heavy atom. The number of amides is 2. The SMILES string of the molecule is CCC(C)C(=O)Nc1cccc(CNC(=O)C2c3ccccc3Oc3ccccc32)c1. The lowest BCUT2D eigenvalue weighted by Gasteiger charge is -2.27. The fourth-order valence-electron chi connectivity index (χ4n) is 3.69. The molecule has 3 aromatic rings. The summed E-state index contributed by atoms with van der Waals surface area (Å²) in [6.07, 6.45) is 0.787. The molecule has 0 fully saturated rings. The number of carbonyl (C=O) groups is 2. The number of rotatable bonds is 6. The summed E-state index contributed by atoms with van der Waals surface area (Å²) < 4.78 is 5.98. The second kappa shape index (κ2) is 9.04. The quantitative estimate of drug-likeness (QED) is 0.581. The van der Waals surface area contributed by atoms with E-state index in [9.17, 15) is 9.59 Å². The number of benzene rings is 3. The van der Waals surface area contributed by atoms with Crippen molar-refractivity contribution in [3.05, 3.63) is 89.5 Å². The van der Waals surface area contributed by atoms with Gasteiger partial charge in [-0.15, -0.1) is 0 Å². The minimum atomic E-state index is -0.436. The highest BCUT2D eigenvalue weighted by atomic mass is 16.5. The molecule has 4 rings (SSSR count). The van der Waals surface area contributed by atoms with E-state index in [-0.39, 0.29) is 17.7 Å². The molecule has 0 spiro atoms. The van der Waals surface area contributed by atoms with Crippen LogP contribution in [0.1, 0.15) is 42.9 Å². The van der Waals surface area contributed by atoms with Crippen LogP contribution in [0.3, 0.4) is 0 Å². The average Bonchev–Trinajstić information content (AvgIpc) is 2.80. The summed E-state index contributed by atoms with van der Waals surface area (Å²) in [6, 6.07) is 22.8. The first-order valence-corrected chi connectivity index (χ1v) is 10.6. The van der Waals surface area contributed by atoms with E-state index in [0.29, 0.717) is 18.0 Å². The van der Waals surface area contributed by atoms with Gasteiger partial charge in [0.1, 0.15) is 11.5 Å². The van der Waals surface area contributed by atoms with Gasteiger partial charge in [0.25, 0.3) is 0 Å². The molecule has 0 aliphatic carbocycles. The summed E-state index contributed by atoms with van der Waals surface area (Å²) in [5.74, 6) is 0.843. The predicted octanol–water partition coefficient (Wildman–Crippen LogP) is 5.23. The number of anilines is 1. The van der Waals surface area contributed by atoms with Gasteiger partial charge in [-0.3, -0.25) is 9.59 Å². The molecule has 1 unspecified atom stereocenters. The average molecular weight is 415 g/mol. The molecule has 2 amide bonds. The third-order valence-electron chi connectivity index (χ3n) is 5.66. The summed E-state index contributed by atoms with van der Waals surface area (Å²) in [4.78, 5) is 25.4. The van der Waals surface area contributed by atoms with Crippen molar-refractivity contribution in [1.29, 1.82) is 0 Å². The summed E-state index contributed by atoms with van der Waals surface area (Å²) in [5, 5.41) is 6.00. The highest BCUT2D eigenvalue weighted by Gasteiger charge is 2.32. The molecule has 1 aliphatic rings. The van der Waals surface area contributed by atoms with Gasteiger partial charge in [-0.05, 0) is 36.2 Å². The largest absolute Gasteiger partial charge is 0.457 e. The molecule has 1 atom stereocenters. The number of fused-ring (bicyclic) bond motifs is 2. The molecule has 5 nitrogen and oxygen atoms in total. The topological polar surface area (TPSA) is 67.4 Å². The minimum Gasteiger partial charge on any atom is -0.457 e. The van der Waals surface area contributed by atoms with Crippen molar-refractivity contribution in [2.75, 3.05) is 5.32 Å². The van der Waals surface area contributed by atoms with E-state index in [1.165, 1.54) is 0 Å². The highest BCUT2D eigenvalue weighted by Crippen LogP contribution is 2.43. The number of ether oxygens (including phenoxy) is 1. The van der Waals surface area contributed by atoms with Crippen LogP contribution in [0.15, 0.2) is 72.8 Å². The minimum absolute atomic E-state index is 0.000829. The Morgan fingerprint density at radius 2 is 1.58 bits per heavy atom. The summed E-state index contributed by atoms with van der Waals surface area (Å²) in [6.45, 7) is 4.26. The van der Waals surface area contributed by atoms with Crippen LogP contribution in [0.5, 0.6) is 11.5 Å². The number of hydrogen-bond acceptors (Lipinski definition) is 3. The van der Waals surface area contributed by atoms with Crippen molar-refractivity contribution in [3.8, 4) is 11.5 Å². The van der Waals surface area contributed by atoms with E-state index in [1.54, 1.807) is 0 Å². The van der Waals surface area contributed by atoms with E-state index in [0.717, 1.165) is 28.8 Å². The lowest BCUT2D eigenvalue weighted by Crippen LogP contribution is -2.31. The van der Waals surface area contributed by atoms with E-state index in [2.05, 4.69) is 10.6 Å². The van der Waals surface area contributed by atoms with Gasteiger partial charge in [-0.25, -0.2) is 0 Å². The number of nitrogens with one attached hydrogen (secondary N) is 2. The Labute approximate surface area is 182 Å². The van der Waals surface area contributed by atoms with Gasteiger partial charge < -0.3 is 15.4 Å². The van der Waals surface area contributed by atoms with E-state index in [1.807, 2.05) is 86.6 Å². The van der Waals surface area contributed by atoms with Crippen molar-refractivity contribution < 1.29 is 14.3 Å². The maximum atomic E-state index is 13.3. The molecule has 0 bridgehead atoms. The van der Waals surface area contributed by atoms with Crippen molar-refractivity contribution in [1.82, 2.24) is 5.32 Å². The molecular formula is C26H26N2O3. The Morgan fingerprint density at radius 3 is 2.23 bits per heavy atom. The molecule has 0 aromatic heterocycles. The van der Waals surface area contributed by atoms with E-state index >= 15 is 0 Å². The fraction of sp³-hybridized carbons (Fsp3) is 0.231. The zero-order valence-corrected chi connectivity index (χ0v) is 17.7. The molecule has 2 N–H and O–H groups in total. The molecule has 1 aliphatic heterocycles. The molecular weight excluding hydrogens is 388 g/mol. The molecule has 0 saturated heterocycles. The smallest absolute Gasteiger partial charge is 0.232 e. The Hall–Kier alpha value is -3.60. The van der Waals surface area contributed by atoms with Gasteiger partial charge in [0.05, 0.1) is 5.92 Å². The molecule has 158 valence electrons. The van der Waals surface area contributed by atoms with Crippen LogP contribution in [0.4, 0.5) is 5.69 Å². The lowest BCUT2D eigenvalue weighted by atomic mass is 9.87. The molecule has 0 saturated carbocycles. The van der Waals surface area contributed by atoms with Gasteiger partial charge in [0.2, 0.25) is 11.8 Å². The Balaban J connectivity index is 1.50. The molecule has 3 aromatic carbocycles. The maximum Gasteiger partial charge on any atom is 0.232 e. The van der Waals surface area contributed by atoms with Crippen molar-refractivity contribution in [3.63, 3.8) is 0 Å². The first kappa shape index (κ1) is 20.7. The van der Waals surface area contributed by atoms with Crippen LogP contribution in [0.25, 0.3) is 0 Å². The predicted molar refractivity (Wildman–Crippen MR) is 121 cm³/mol. The maximum absolute atomic E-state index is 13.3. The van der Waals surface area contributed by atoms with Crippen LogP contribution in [0, 0.1) is 5.92 Å². The van der Waals surface area contributed by atoms with Gasteiger partial charge in [0, 0.05) is 29.3 Å². The van der Waals surface area contributed by atoms with Crippen LogP contribution < -0.4 is 15.4 Å². The second-order valence-corrected chi connectivity index (χ2v) is 7.83. The molecule has 1 heterocycles. The fourth-order valence-corrected chi connectivity index (χ4v) is 3.69. The van der Waals surface area contributed by atoms with Gasteiger partial charge >= 0.3 is 0 Å². The molecule has 5 heteroatoms. The first-order valence-electron chi connectivity index (χ1n) is 10.6. The second-order valence-electron chi connectivity index (χ2n) is 7.83. The Kier molecular flexibility index (Phi) is 6.03. The van der Waals surface area contributed by atoms with Crippen molar-refractivity contribution in [2.45, 2.75) is 32.7 Å². The standard InChI is InChI=1S/C26H26N2O3/c1-3-17(2)25(29)28-19-10-8-9-18(15-19)16-27-26(30)24-20-11-4-6-13-22(20)31-23-14-7-5-12-21(23)24/h4-15,17,24H,3,16H2,1-2H3,(H,27,30)(H,28,29). The summed E-state index contributed by atoms with van der Waals surface area (Å²) in [7, 11) is 0. The number of hydrogen-bond donors (Lipinski definition) is 2. The van der Waals surface area contributed by atoms with Gasteiger partial charge in [-0.2, -0.15) is 0 Å². The number of para-hydroxylation sites is 2. The van der Waals surface area contributed by atoms with Crippen LogP contribution in [-0.2, 0) is 16.1 Å². The van der Waals surface area contributed by atoms with Crippen LogP contribution in [-0.4, -0.2) is 11.8 Å². The summed E-state index contributed by atoms with van der Waals surface area (Å²) >= 11 is 0. The third-order valence-corrected chi connectivity index (χ3v) is 5.66. The van der Waals surface area contributed by atoms with Crippen LogP contribution in [0.2, 0.25) is 0 Å². The summed E-state index contributed by atoms with van der Waals surface area (Å²) in [5.41, 5.74) is 3.37. The Bertz CT molecular complexity index is 1060.